The van der Waals surface area contributed by atoms with E-state index in [0.29, 0.717) is 18.5 Å². The molecule has 2 N–H and O–H groups in total. The third-order valence-corrected chi connectivity index (χ3v) is 5.59. The standard InChI is InChI=1S/C22H32N2O4/c1-13(2)18(20(26)24-12-11-17(14(24)3)21(27)28)23-19(25)15-7-9-16(10-8-15)22(4,5)6/h7-10,13-14,17-18H,11-12H2,1-6H3,(H,23,25)(H,27,28). The minimum Gasteiger partial charge on any atom is -0.481 e. The SMILES string of the molecule is CC(C)C(NC(=O)c1ccc(C(C)(C)C)cc1)C(=O)N1CCC(C(=O)O)C1C. The van der Waals surface area contributed by atoms with Gasteiger partial charge in [-0.15, -0.1) is 0 Å². The Kier molecular flexibility index (Phi) is 6.52. The molecule has 1 aliphatic heterocycles. The molecule has 3 unspecified atom stereocenters. The van der Waals surface area contributed by atoms with Crippen molar-refractivity contribution in [1.82, 2.24) is 10.2 Å². The number of carbonyl (C=O) groups excluding carboxylic acids is 2. The maximum Gasteiger partial charge on any atom is 0.308 e. The Labute approximate surface area is 167 Å². The maximum atomic E-state index is 13.0. The Bertz CT molecular complexity index is 734. The van der Waals surface area contributed by atoms with Gasteiger partial charge in [-0.05, 0) is 42.4 Å². The Balaban J connectivity index is 2.13. The third-order valence-electron chi connectivity index (χ3n) is 5.59. The molecule has 3 atom stereocenters. The predicted octanol–water partition coefficient (Wildman–Crippen LogP) is 3.06. The van der Waals surface area contributed by atoms with E-state index >= 15 is 0 Å². The van der Waals surface area contributed by atoms with Crippen molar-refractivity contribution in [2.45, 2.75) is 65.5 Å². The lowest BCUT2D eigenvalue weighted by Gasteiger charge is -2.30. The van der Waals surface area contributed by atoms with Crippen molar-refractivity contribution in [3.63, 3.8) is 0 Å². The van der Waals surface area contributed by atoms with Gasteiger partial charge >= 0.3 is 5.97 Å². The van der Waals surface area contributed by atoms with E-state index in [-0.39, 0.29) is 29.2 Å². The molecule has 1 heterocycles. The van der Waals surface area contributed by atoms with E-state index in [1.54, 1.807) is 24.0 Å². The number of likely N-dealkylation sites (tertiary alicyclic amines) is 1. The van der Waals surface area contributed by atoms with E-state index < -0.39 is 17.9 Å². The van der Waals surface area contributed by atoms with Gasteiger partial charge in [0.15, 0.2) is 0 Å². The summed E-state index contributed by atoms with van der Waals surface area (Å²) in [6.07, 6.45) is 0.440. The topological polar surface area (TPSA) is 86.7 Å². The molecule has 0 aliphatic carbocycles. The molecule has 0 saturated carbocycles. The predicted molar refractivity (Wildman–Crippen MR) is 108 cm³/mol. The van der Waals surface area contributed by atoms with Crippen molar-refractivity contribution < 1.29 is 19.5 Å². The number of carboxylic acid groups (broad SMARTS) is 1. The van der Waals surface area contributed by atoms with Gasteiger partial charge in [-0.3, -0.25) is 14.4 Å². The molecule has 0 radical (unpaired) electrons. The molecule has 1 fully saturated rings. The Morgan fingerprint density at radius 2 is 1.71 bits per heavy atom. The molecular weight excluding hydrogens is 356 g/mol. The van der Waals surface area contributed by atoms with E-state index in [4.69, 9.17) is 0 Å². The third kappa shape index (κ3) is 4.72. The molecule has 154 valence electrons. The van der Waals surface area contributed by atoms with Gasteiger partial charge in [0.1, 0.15) is 6.04 Å². The number of benzene rings is 1. The largest absolute Gasteiger partial charge is 0.481 e. The highest BCUT2D eigenvalue weighted by atomic mass is 16.4. The van der Waals surface area contributed by atoms with Gasteiger partial charge in [0.05, 0.1) is 5.92 Å². The maximum absolute atomic E-state index is 13.0. The van der Waals surface area contributed by atoms with Gasteiger partial charge in [-0.1, -0.05) is 46.8 Å². The number of amides is 2. The van der Waals surface area contributed by atoms with Crippen LogP contribution in [0.25, 0.3) is 0 Å². The van der Waals surface area contributed by atoms with Gasteiger partial charge in [0, 0.05) is 18.2 Å². The molecule has 6 heteroatoms. The fourth-order valence-electron chi connectivity index (χ4n) is 3.62. The first kappa shape index (κ1) is 21.9. The molecule has 1 aliphatic rings. The number of carbonyl (C=O) groups is 3. The van der Waals surface area contributed by atoms with E-state index in [9.17, 15) is 19.5 Å². The van der Waals surface area contributed by atoms with Crippen LogP contribution in [0.5, 0.6) is 0 Å². The van der Waals surface area contributed by atoms with E-state index in [0.717, 1.165) is 5.56 Å². The molecule has 1 saturated heterocycles. The smallest absolute Gasteiger partial charge is 0.308 e. The van der Waals surface area contributed by atoms with Crippen LogP contribution in [0.1, 0.15) is 63.9 Å². The summed E-state index contributed by atoms with van der Waals surface area (Å²) in [5.74, 6) is -2.06. The first-order valence-corrected chi connectivity index (χ1v) is 9.88. The molecule has 28 heavy (non-hydrogen) atoms. The van der Waals surface area contributed by atoms with Crippen LogP contribution in [0.15, 0.2) is 24.3 Å². The highest BCUT2D eigenvalue weighted by Crippen LogP contribution is 2.26. The van der Waals surface area contributed by atoms with Crippen LogP contribution in [-0.4, -0.2) is 46.4 Å². The fraction of sp³-hybridized carbons (Fsp3) is 0.591. The van der Waals surface area contributed by atoms with Gasteiger partial charge in [-0.2, -0.15) is 0 Å². The molecule has 1 aromatic rings. The second-order valence-corrected chi connectivity index (χ2v) is 9.03. The van der Waals surface area contributed by atoms with Crippen molar-refractivity contribution in [1.29, 1.82) is 0 Å². The van der Waals surface area contributed by atoms with Crippen molar-refractivity contribution in [2.75, 3.05) is 6.54 Å². The number of aliphatic carboxylic acids is 1. The first-order valence-electron chi connectivity index (χ1n) is 9.88. The Morgan fingerprint density at radius 1 is 1.14 bits per heavy atom. The summed E-state index contributed by atoms with van der Waals surface area (Å²) in [4.78, 5) is 38.7. The van der Waals surface area contributed by atoms with Crippen LogP contribution >= 0.6 is 0 Å². The number of hydrogen-bond acceptors (Lipinski definition) is 3. The Hall–Kier alpha value is -2.37. The molecule has 0 bridgehead atoms. The highest BCUT2D eigenvalue weighted by molar-refractivity contribution is 5.97. The average molecular weight is 389 g/mol. The summed E-state index contributed by atoms with van der Waals surface area (Å²) in [5, 5.41) is 12.2. The molecule has 0 aromatic heterocycles. The van der Waals surface area contributed by atoms with Crippen molar-refractivity contribution in [2.24, 2.45) is 11.8 Å². The monoisotopic (exact) mass is 388 g/mol. The number of hydrogen-bond donors (Lipinski definition) is 2. The minimum atomic E-state index is -0.883. The lowest BCUT2D eigenvalue weighted by atomic mass is 9.86. The van der Waals surface area contributed by atoms with E-state index in [2.05, 4.69) is 26.1 Å². The van der Waals surface area contributed by atoms with Crippen LogP contribution in [0.3, 0.4) is 0 Å². The van der Waals surface area contributed by atoms with Crippen molar-refractivity contribution in [3.8, 4) is 0 Å². The van der Waals surface area contributed by atoms with Crippen LogP contribution < -0.4 is 5.32 Å². The summed E-state index contributed by atoms with van der Waals surface area (Å²) in [6, 6.07) is 6.34. The molecule has 1 aromatic carbocycles. The zero-order valence-corrected chi connectivity index (χ0v) is 17.7. The van der Waals surface area contributed by atoms with Crippen molar-refractivity contribution in [3.05, 3.63) is 35.4 Å². The molecular formula is C22H32N2O4. The molecule has 6 nitrogen and oxygen atoms in total. The molecule has 2 rings (SSSR count). The number of nitrogens with one attached hydrogen (secondary N) is 1. The summed E-state index contributed by atoms with van der Waals surface area (Å²) in [5.41, 5.74) is 1.63. The lowest BCUT2D eigenvalue weighted by molar-refractivity contribution is -0.143. The van der Waals surface area contributed by atoms with Crippen LogP contribution in [0.2, 0.25) is 0 Å². The molecule has 2 amide bonds. The van der Waals surface area contributed by atoms with Gasteiger partial charge in [0.25, 0.3) is 5.91 Å². The van der Waals surface area contributed by atoms with Gasteiger partial charge in [-0.25, -0.2) is 0 Å². The fourth-order valence-corrected chi connectivity index (χ4v) is 3.62. The highest BCUT2D eigenvalue weighted by Gasteiger charge is 2.41. The number of rotatable bonds is 5. The van der Waals surface area contributed by atoms with Crippen LogP contribution in [0.4, 0.5) is 0 Å². The average Bonchev–Trinajstić information content (AvgIpc) is 2.99. The Morgan fingerprint density at radius 3 is 2.14 bits per heavy atom. The minimum absolute atomic E-state index is 0.00197. The zero-order chi connectivity index (χ0) is 21.2. The quantitative estimate of drug-likeness (QED) is 0.812. The van der Waals surface area contributed by atoms with E-state index in [1.807, 2.05) is 26.0 Å². The van der Waals surface area contributed by atoms with Crippen LogP contribution in [-0.2, 0) is 15.0 Å². The summed E-state index contributed by atoms with van der Waals surface area (Å²) < 4.78 is 0. The van der Waals surface area contributed by atoms with Gasteiger partial charge < -0.3 is 15.3 Å². The summed E-state index contributed by atoms with van der Waals surface area (Å²) >= 11 is 0. The number of carboxylic acids is 1. The van der Waals surface area contributed by atoms with Crippen LogP contribution in [0, 0.1) is 11.8 Å². The molecule has 0 spiro atoms. The zero-order valence-electron chi connectivity index (χ0n) is 17.7. The lowest BCUT2D eigenvalue weighted by Crippen LogP contribution is -2.52. The summed E-state index contributed by atoms with van der Waals surface area (Å²) in [7, 11) is 0. The second-order valence-electron chi connectivity index (χ2n) is 9.03. The normalized spacial score (nSPS) is 20.9. The summed E-state index contributed by atoms with van der Waals surface area (Å²) in [6.45, 7) is 12.2. The van der Waals surface area contributed by atoms with Gasteiger partial charge in [0.2, 0.25) is 5.91 Å². The van der Waals surface area contributed by atoms with E-state index in [1.165, 1.54) is 0 Å². The van der Waals surface area contributed by atoms with Crippen molar-refractivity contribution >= 4 is 17.8 Å². The second kappa shape index (κ2) is 8.33. The first-order chi connectivity index (χ1) is 12.9. The number of nitrogens with zero attached hydrogens (tertiary/aromatic N) is 1.